The minimum atomic E-state index is 0.0674. The van der Waals surface area contributed by atoms with Crippen molar-refractivity contribution in [3.05, 3.63) is 65.7 Å². The molecule has 1 amide bonds. The predicted molar refractivity (Wildman–Crippen MR) is 124 cm³/mol. The lowest BCUT2D eigenvalue weighted by atomic mass is 10.1. The summed E-state index contributed by atoms with van der Waals surface area (Å²) in [6, 6.07) is 17.6. The molecule has 0 unspecified atom stereocenters. The monoisotopic (exact) mass is 404 g/mol. The van der Waals surface area contributed by atoms with Gasteiger partial charge in [0.05, 0.1) is 11.4 Å². The number of aromatic nitrogens is 2. The first-order chi connectivity index (χ1) is 14.2. The Morgan fingerprint density at radius 1 is 1.00 bits per heavy atom. The van der Waals surface area contributed by atoms with Crippen LogP contribution in [0.2, 0.25) is 0 Å². The standard InChI is InChI=1S/C25H32N4O/c1-17(2)15-28(16-18(3)4)25(30)20-9-11-22(12-10-20)29-24(26)14-23(27-29)21-8-6-7-19(5)13-21/h6-14,17-18H,15-16,26H2,1-5H3. The molecule has 2 N–H and O–H groups in total. The van der Waals surface area contributed by atoms with Gasteiger partial charge in [-0.15, -0.1) is 0 Å². The zero-order chi connectivity index (χ0) is 21.8. The van der Waals surface area contributed by atoms with Crippen molar-refractivity contribution in [2.45, 2.75) is 34.6 Å². The minimum absolute atomic E-state index is 0.0674. The molecule has 0 aliphatic rings. The molecule has 0 atom stereocenters. The van der Waals surface area contributed by atoms with Gasteiger partial charge in [-0.25, -0.2) is 4.68 Å². The third kappa shape index (κ3) is 5.09. The second-order valence-corrected chi connectivity index (χ2v) is 8.78. The molecular weight excluding hydrogens is 372 g/mol. The van der Waals surface area contributed by atoms with Crippen LogP contribution in [0.25, 0.3) is 16.9 Å². The molecule has 1 heterocycles. The van der Waals surface area contributed by atoms with Crippen LogP contribution < -0.4 is 5.73 Å². The van der Waals surface area contributed by atoms with Crippen molar-refractivity contribution in [2.75, 3.05) is 18.8 Å². The van der Waals surface area contributed by atoms with Crippen LogP contribution in [0.1, 0.15) is 43.6 Å². The van der Waals surface area contributed by atoms with Crippen molar-refractivity contribution in [2.24, 2.45) is 11.8 Å². The Bertz CT molecular complexity index is 992. The molecule has 3 aromatic rings. The van der Waals surface area contributed by atoms with E-state index >= 15 is 0 Å². The first kappa shape index (κ1) is 21.6. The third-order valence-electron chi connectivity index (χ3n) is 4.87. The van der Waals surface area contributed by atoms with E-state index in [0.717, 1.165) is 30.0 Å². The Balaban J connectivity index is 1.84. The van der Waals surface area contributed by atoms with E-state index in [1.807, 2.05) is 47.4 Å². The van der Waals surface area contributed by atoms with E-state index in [1.165, 1.54) is 5.56 Å². The van der Waals surface area contributed by atoms with Gasteiger partial charge in [0, 0.05) is 30.3 Å². The fraction of sp³-hybridized carbons (Fsp3) is 0.360. The fourth-order valence-corrected chi connectivity index (χ4v) is 3.60. The van der Waals surface area contributed by atoms with Gasteiger partial charge in [-0.1, -0.05) is 51.5 Å². The summed E-state index contributed by atoms with van der Waals surface area (Å²) in [5.41, 5.74) is 10.8. The Morgan fingerprint density at radius 3 is 2.20 bits per heavy atom. The molecule has 3 rings (SSSR count). The van der Waals surface area contributed by atoms with Crippen LogP contribution in [-0.2, 0) is 0 Å². The number of nitrogens with zero attached hydrogens (tertiary/aromatic N) is 3. The second kappa shape index (κ2) is 9.16. The molecule has 0 saturated carbocycles. The van der Waals surface area contributed by atoms with Crippen molar-refractivity contribution < 1.29 is 4.79 Å². The van der Waals surface area contributed by atoms with Crippen LogP contribution >= 0.6 is 0 Å². The molecule has 0 aliphatic heterocycles. The molecular formula is C25H32N4O. The largest absolute Gasteiger partial charge is 0.384 e. The lowest BCUT2D eigenvalue weighted by Gasteiger charge is -2.26. The number of hydrogen-bond donors (Lipinski definition) is 1. The SMILES string of the molecule is Cc1cccc(-c2cc(N)n(-c3ccc(C(=O)N(CC(C)C)CC(C)C)cc3)n2)c1. The first-order valence-corrected chi connectivity index (χ1v) is 10.6. The molecule has 5 nitrogen and oxygen atoms in total. The van der Waals surface area contributed by atoms with Gasteiger partial charge in [-0.2, -0.15) is 5.10 Å². The highest BCUT2D eigenvalue weighted by Crippen LogP contribution is 2.24. The Kier molecular flexibility index (Phi) is 6.60. The van der Waals surface area contributed by atoms with Crippen LogP contribution in [0.3, 0.4) is 0 Å². The van der Waals surface area contributed by atoms with Crippen molar-refractivity contribution in [1.29, 1.82) is 0 Å². The fourth-order valence-electron chi connectivity index (χ4n) is 3.60. The molecule has 5 heteroatoms. The van der Waals surface area contributed by atoms with Gasteiger partial charge < -0.3 is 10.6 Å². The highest BCUT2D eigenvalue weighted by molar-refractivity contribution is 5.94. The number of rotatable bonds is 7. The first-order valence-electron chi connectivity index (χ1n) is 10.6. The van der Waals surface area contributed by atoms with Crippen LogP contribution in [0.4, 0.5) is 5.82 Å². The van der Waals surface area contributed by atoms with Gasteiger partial charge in [-0.3, -0.25) is 4.79 Å². The maximum atomic E-state index is 13.0. The molecule has 0 radical (unpaired) electrons. The summed E-state index contributed by atoms with van der Waals surface area (Å²) in [7, 11) is 0. The summed E-state index contributed by atoms with van der Waals surface area (Å²) in [5, 5.41) is 4.68. The van der Waals surface area contributed by atoms with Crippen molar-refractivity contribution in [1.82, 2.24) is 14.7 Å². The van der Waals surface area contributed by atoms with Gasteiger partial charge in [0.1, 0.15) is 5.82 Å². The normalized spacial score (nSPS) is 11.3. The zero-order valence-corrected chi connectivity index (χ0v) is 18.6. The van der Waals surface area contributed by atoms with E-state index in [4.69, 9.17) is 5.73 Å². The maximum absolute atomic E-state index is 13.0. The number of hydrogen-bond acceptors (Lipinski definition) is 3. The number of amides is 1. The van der Waals surface area contributed by atoms with Gasteiger partial charge in [0.2, 0.25) is 0 Å². The smallest absolute Gasteiger partial charge is 0.253 e. The number of carbonyl (C=O) groups is 1. The van der Waals surface area contributed by atoms with Crippen LogP contribution in [0.15, 0.2) is 54.6 Å². The van der Waals surface area contributed by atoms with E-state index < -0.39 is 0 Å². The molecule has 1 aromatic heterocycles. The summed E-state index contributed by atoms with van der Waals surface area (Å²) < 4.78 is 1.71. The molecule has 0 spiro atoms. The van der Waals surface area contributed by atoms with Gasteiger partial charge >= 0.3 is 0 Å². The second-order valence-electron chi connectivity index (χ2n) is 8.78. The molecule has 30 heavy (non-hydrogen) atoms. The van der Waals surface area contributed by atoms with Gasteiger partial charge in [0.15, 0.2) is 0 Å². The van der Waals surface area contributed by atoms with Gasteiger partial charge in [-0.05, 0) is 49.1 Å². The van der Waals surface area contributed by atoms with Crippen molar-refractivity contribution in [3.8, 4) is 16.9 Å². The molecule has 0 aliphatic carbocycles. The highest BCUT2D eigenvalue weighted by Gasteiger charge is 2.18. The van der Waals surface area contributed by atoms with Crippen LogP contribution in [0, 0.1) is 18.8 Å². The van der Waals surface area contributed by atoms with Gasteiger partial charge in [0.25, 0.3) is 5.91 Å². The third-order valence-corrected chi connectivity index (χ3v) is 4.87. The summed E-state index contributed by atoms with van der Waals surface area (Å²) in [6.45, 7) is 12.1. The summed E-state index contributed by atoms with van der Waals surface area (Å²) in [6.07, 6.45) is 0. The van der Waals surface area contributed by atoms with Crippen molar-refractivity contribution in [3.63, 3.8) is 0 Å². The van der Waals surface area contributed by atoms with E-state index in [1.54, 1.807) is 4.68 Å². The number of nitrogen functional groups attached to an aromatic ring is 1. The Hall–Kier alpha value is -3.08. The molecule has 2 aromatic carbocycles. The number of anilines is 1. The van der Waals surface area contributed by atoms with E-state index in [-0.39, 0.29) is 5.91 Å². The summed E-state index contributed by atoms with van der Waals surface area (Å²) >= 11 is 0. The lowest BCUT2D eigenvalue weighted by molar-refractivity contribution is 0.0715. The van der Waals surface area contributed by atoms with E-state index in [0.29, 0.717) is 23.2 Å². The van der Waals surface area contributed by atoms with E-state index in [2.05, 4.69) is 51.9 Å². The average molecular weight is 405 g/mol. The number of aryl methyl sites for hydroxylation is 1. The quantitative estimate of drug-likeness (QED) is 0.590. The molecule has 0 saturated heterocycles. The van der Waals surface area contributed by atoms with Crippen LogP contribution in [-0.4, -0.2) is 33.7 Å². The van der Waals surface area contributed by atoms with E-state index in [9.17, 15) is 4.79 Å². The zero-order valence-electron chi connectivity index (χ0n) is 18.6. The molecule has 158 valence electrons. The maximum Gasteiger partial charge on any atom is 0.253 e. The number of nitrogens with two attached hydrogens (primary N) is 1. The van der Waals surface area contributed by atoms with Crippen LogP contribution in [0.5, 0.6) is 0 Å². The lowest BCUT2D eigenvalue weighted by Crippen LogP contribution is -2.37. The molecule has 0 fully saturated rings. The Labute approximate surface area is 179 Å². The predicted octanol–water partition coefficient (Wildman–Crippen LogP) is 5.18. The van der Waals surface area contributed by atoms with Crippen molar-refractivity contribution >= 4 is 11.7 Å². The summed E-state index contributed by atoms with van der Waals surface area (Å²) in [5.74, 6) is 1.48. The highest BCUT2D eigenvalue weighted by atomic mass is 16.2. The summed E-state index contributed by atoms with van der Waals surface area (Å²) in [4.78, 5) is 15.0. The number of carbonyl (C=O) groups excluding carboxylic acids is 1. The molecule has 0 bridgehead atoms. The minimum Gasteiger partial charge on any atom is -0.384 e. The Morgan fingerprint density at radius 2 is 1.63 bits per heavy atom. The average Bonchev–Trinajstić information content (AvgIpc) is 3.08. The topological polar surface area (TPSA) is 64.2 Å². The number of benzene rings is 2.